The van der Waals surface area contributed by atoms with Gasteiger partial charge in [-0.3, -0.25) is 9.59 Å². The summed E-state index contributed by atoms with van der Waals surface area (Å²) in [5.41, 5.74) is 4.17. The summed E-state index contributed by atoms with van der Waals surface area (Å²) < 4.78 is 5.96. The molecule has 3 aromatic rings. The van der Waals surface area contributed by atoms with Crippen LogP contribution in [0.4, 0.5) is 0 Å². The molecular formula is C32H36N2O4. The van der Waals surface area contributed by atoms with E-state index in [1.165, 1.54) is 4.90 Å². The number of quaternary nitrogens is 1. The average molecular weight is 513 g/mol. The number of nitrogens with one attached hydrogen (secondary N) is 1. The van der Waals surface area contributed by atoms with Crippen molar-refractivity contribution >= 4 is 17.4 Å². The Balaban J connectivity index is 1.68. The lowest BCUT2D eigenvalue weighted by Crippen LogP contribution is -3.05. The number of carbonyl (C=O) groups excluding carboxylic acids is 2. The van der Waals surface area contributed by atoms with Gasteiger partial charge in [0.05, 0.1) is 26.7 Å². The van der Waals surface area contributed by atoms with Crippen LogP contribution in [0.3, 0.4) is 0 Å². The summed E-state index contributed by atoms with van der Waals surface area (Å²) in [5, 5.41) is 13.8. The Hall–Kier alpha value is -3.90. The van der Waals surface area contributed by atoms with Gasteiger partial charge in [-0.15, -0.1) is 0 Å². The highest BCUT2D eigenvalue weighted by Crippen LogP contribution is 2.39. The van der Waals surface area contributed by atoms with E-state index in [1.54, 1.807) is 23.1 Å². The second-order valence-electron chi connectivity index (χ2n) is 10.1. The Morgan fingerprint density at radius 1 is 0.974 bits per heavy atom. The van der Waals surface area contributed by atoms with Crippen molar-refractivity contribution < 1.29 is 24.3 Å². The van der Waals surface area contributed by atoms with Gasteiger partial charge in [0.15, 0.2) is 0 Å². The van der Waals surface area contributed by atoms with Gasteiger partial charge in [-0.2, -0.15) is 0 Å². The number of carbonyl (C=O) groups is 2. The number of aryl methyl sites for hydroxylation is 2. The van der Waals surface area contributed by atoms with Gasteiger partial charge in [0.1, 0.15) is 12.4 Å². The van der Waals surface area contributed by atoms with E-state index in [1.807, 2.05) is 61.5 Å². The van der Waals surface area contributed by atoms with E-state index < -0.39 is 23.5 Å². The van der Waals surface area contributed by atoms with Crippen molar-refractivity contribution in [3.63, 3.8) is 0 Å². The number of rotatable bonds is 10. The summed E-state index contributed by atoms with van der Waals surface area (Å²) in [6, 6.07) is 22.2. The summed E-state index contributed by atoms with van der Waals surface area (Å²) in [5.74, 6) is -1.06. The smallest absolute Gasteiger partial charge is 0.295 e. The molecule has 0 aliphatic carbocycles. The lowest BCUT2D eigenvalue weighted by Gasteiger charge is -2.28. The van der Waals surface area contributed by atoms with Crippen LogP contribution in [0, 0.1) is 6.92 Å². The Labute approximate surface area is 225 Å². The minimum Gasteiger partial charge on any atom is -0.872 e. The molecule has 1 unspecified atom stereocenters. The molecule has 1 aliphatic rings. The number of benzene rings is 3. The lowest BCUT2D eigenvalue weighted by molar-refractivity contribution is -0.858. The van der Waals surface area contributed by atoms with Crippen LogP contribution in [0.5, 0.6) is 5.75 Å². The van der Waals surface area contributed by atoms with Crippen molar-refractivity contribution in [1.29, 1.82) is 0 Å². The Bertz CT molecular complexity index is 1310. The van der Waals surface area contributed by atoms with Gasteiger partial charge in [-0.1, -0.05) is 73.3 Å². The topological polar surface area (TPSA) is 74.1 Å². The van der Waals surface area contributed by atoms with Crippen LogP contribution in [0.25, 0.3) is 5.76 Å². The number of hydrogen-bond donors (Lipinski definition) is 1. The fourth-order valence-electron chi connectivity index (χ4n) is 4.83. The molecule has 0 spiro atoms. The van der Waals surface area contributed by atoms with E-state index in [4.69, 9.17) is 4.74 Å². The average Bonchev–Trinajstić information content (AvgIpc) is 3.17. The normalized spacial score (nSPS) is 16.9. The van der Waals surface area contributed by atoms with Gasteiger partial charge in [0.25, 0.3) is 5.91 Å². The molecule has 1 fully saturated rings. The molecule has 1 aliphatic heterocycles. The zero-order valence-electron chi connectivity index (χ0n) is 22.6. The van der Waals surface area contributed by atoms with Crippen molar-refractivity contribution in [2.45, 2.75) is 39.3 Å². The molecule has 0 radical (unpaired) electrons. The molecule has 6 heteroatoms. The van der Waals surface area contributed by atoms with Crippen LogP contribution in [-0.4, -0.2) is 43.8 Å². The number of Topliss-reactive ketones (excluding diaryl/α,β-unsaturated/α-hetero) is 1. The molecule has 1 saturated heterocycles. The van der Waals surface area contributed by atoms with Gasteiger partial charge in [0.2, 0.25) is 5.78 Å². The molecule has 38 heavy (non-hydrogen) atoms. The minimum absolute atomic E-state index is 0.0220. The molecule has 1 heterocycles. The van der Waals surface area contributed by atoms with Crippen LogP contribution in [0.15, 0.2) is 78.4 Å². The molecule has 4 rings (SSSR count). The van der Waals surface area contributed by atoms with Crippen LogP contribution < -0.4 is 14.7 Å². The van der Waals surface area contributed by atoms with Crippen LogP contribution in [-0.2, 0) is 22.6 Å². The molecular weight excluding hydrogens is 476 g/mol. The maximum Gasteiger partial charge on any atom is 0.295 e. The van der Waals surface area contributed by atoms with Gasteiger partial charge in [0, 0.05) is 18.5 Å². The highest BCUT2D eigenvalue weighted by Gasteiger charge is 2.43. The van der Waals surface area contributed by atoms with E-state index in [0.29, 0.717) is 24.5 Å². The molecule has 0 saturated carbocycles. The SMILES string of the molecule is CCc1ccc(C2/C(=C(\[O-])c3ccc(OCc4ccccc4)c(C)c3)C(=O)C(=O)N2CCC[NH+](C)C)cc1. The Morgan fingerprint density at radius 3 is 2.32 bits per heavy atom. The van der Waals surface area contributed by atoms with Gasteiger partial charge in [-0.25, -0.2) is 0 Å². The number of hydrogen-bond acceptors (Lipinski definition) is 4. The molecule has 1 amide bonds. The molecule has 1 atom stereocenters. The third-order valence-electron chi connectivity index (χ3n) is 6.98. The molecule has 198 valence electrons. The van der Waals surface area contributed by atoms with Gasteiger partial charge >= 0.3 is 0 Å². The number of nitrogens with zero attached hydrogens (tertiary/aromatic N) is 1. The van der Waals surface area contributed by atoms with Crippen LogP contribution >= 0.6 is 0 Å². The summed E-state index contributed by atoms with van der Waals surface area (Å²) in [7, 11) is 4.10. The van der Waals surface area contributed by atoms with Crippen LogP contribution in [0.2, 0.25) is 0 Å². The predicted molar refractivity (Wildman–Crippen MR) is 146 cm³/mol. The first kappa shape index (κ1) is 27.1. The largest absolute Gasteiger partial charge is 0.872 e. The molecule has 1 N–H and O–H groups in total. The molecule has 3 aromatic carbocycles. The van der Waals surface area contributed by atoms with E-state index in [0.717, 1.165) is 41.6 Å². The standard InChI is InChI=1S/C32H36N2O4/c1-5-23-12-14-25(15-13-23)29-28(31(36)32(37)34(29)19-9-18-33(3)4)30(35)26-16-17-27(22(2)20-26)38-21-24-10-7-6-8-11-24/h6-8,10-17,20,29,35H,5,9,18-19,21H2,1-4H3/b30-28+. The second-order valence-corrected chi connectivity index (χ2v) is 10.1. The fraction of sp³-hybridized carbons (Fsp3) is 0.312. The zero-order chi connectivity index (χ0) is 27.2. The third kappa shape index (κ3) is 5.97. The monoisotopic (exact) mass is 512 g/mol. The maximum atomic E-state index is 13.8. The number of likely N-dealkylation sites (tertiary alicyclic amines) is 1. The molecule has 0 aromatic heterocycles. The van der Waals surface area contributed by atoms with Crippen molar-refractivity contribution in [1.82, 2.24) is 4.90 Å². The first-order chi connectivity index (χ1) is 18.3. The first-order valence-corrected chi connectivity index (χ1v) is 13.2. The quantitative estimate of drug-likeness (QED) is 0.258. The van der Waals surface area contributed by atoms with Crippen molar-refractivity contribution in [3.05, 3.63) is 106 Å². The lowest BCUT2D eigenvalue weighted by atomic mass is 9.94. The van der Waals surface area contributed by atoms with Crippen LogP contribution in [0.1, 0.15) is 47.2 Å². The maximum absolute atomic E-state index is 13.8. The highest BCUT2D eigenvalue weighted by molar-refractivity contribution is 6.46. The summed E-state index contributed by atoms with van der Waals surface area (Å²) in [4.78, 5) is 29.3. The van der Waals surface area contributed by atoms with E-state index in [2.05, 4.69) is 21.0 Å². The highest BCUT2D eigenvalue weighted by atomic mass is 16.5. The van der Waals surface area contributed by atoms with E-state index >= 15 is 0 Å². The first-order valence-electron chi connectivity index (χ1n) is 13.2. The molecule has 0 bridgehead atoms. The summed E-state index contributed by atoms with van der Waals surface area (Å²) in [6.45, 7) is 5.63. The van der Waals surface area contributed by atoms with Gasteiger partial charge in [-0.05, 0) is 53.3 Å². The van der Waals surface area contributed by atoms with E-state index in [-0.39, 0.29) is 5.57 Å². The molecule has 6 nitrogen and oxygen atoms in total. The minimum atomic E-state index is -0.709. The third-order valence-corrected chi connectivity index (χ3v) is 6.98. The van der Waals surface area contributed by atoms with Crippen molar-refractivity contribution in [2.24, 2.45) is 0 Å². The fourth-order valence-corrected chi connectivity index (χ4v) is 4.83. The Morgan fingerprint density at radius 2 is 1.68 bits per heavy atom. The van der Waals surface area contributed by atoms with Crippen molar-refractivity contribution in [2.75, 3.05) is 27.2 Å². The Kier molecular flexibility index (Phi) is 8.64. The van der Waals surface area contributed by atoms with E-state index in [9.17, 15) is 14.7 Å². The predicted octanol–water partition coefficient (Wildman–Crippen LogP) is 2.90. The van der Waals surface area contributed by atoms with Crippen molar-refractivity contribution in [3.8, 4) is 5.75 Å². The summed E-state index contributed by atoms with van der Waals surface area (Å²) >= 11 is 0. The summed E-state index contributed by atoms with van der Waals surface area (Å²) in [6.07, 6.45) is 1.62. The van der Waals surface area contributed by atoms with Gasteiger partial charge < -0.3 is 19.6 Å². The zero-order valence-corrected chi connectivity index (χ0v) is 22.6. The number of amides is 1. The second kappa shape index (κ2) is 12.1. The number of ketones is 1. The number of ether oxygens (including phenoxy) is 1.